The minimum Gasteiger partial charge on any atom is -0.360 e. The molecule has 40 heavy (non-hydrogen) atoms. The van der Waals surface area contributed by atoms with Crippen molar-refractivity contribution >= 4 is 11.5 Å². The second-order valence-electron chi connectivity index (χ2n) is 12.2. The summed E-state index contributed by atoms with van der Waals surface area (Å²) in [6.45, 7) is 11.1. The molecule has 208 valence electrons. The van der Waals surface area contributed by atoms with Gasteiger partial charge in [-0.05, 0) is 61.8 Å². The molecule has 1 aromatic carbocycles. The fourth-order valence-electron chi connectivity index (χ4n) is 5.54. The number of fused-ring (bicyclic) bond motifs is 2. The first-order valence-corrected chi connectivity index (χ1v) is 14.3. The predicted octanol–water partition coefficient (Wildman–Crippen LogP) is 4.56. The van der Waals surface area contributed by atoms with Crippen molar-refractivity contribution < 1.29 is 9.32 Å². The van der Waals surface area contributed by atoms with Crippen LogP contribution in [-0.4, -0.2) is 37.4 Å². The highest BCUT2D eigenvalue weighted by molar-refractivity contribution is 5.92. The Morgan fingerprint density at radius 1 is 1.15 bits per heavy atom. The lowest BCUT2D eigenvalue weighted by Gasteiger charge is -2.20. The number of imidazole rings is 1. The maximum absolute atomic E-state index is 13.1. The second kappa shape index (κ2) is 10.2. The lowest BCUT2D eigenvalue weighted by Crippen LogP contribution is -2.32. The topological polar surface area (TPSA) is 114 Å². The number of carbonyl (C=O) groups is 1. The lowest BCUT2D eigenvalue weighted by atomic mass is 9.92. The Bertz CT molecular complexity index is 1680. The van der Waals surface area contributed by atoms with Crippen molar-refractivity contribution in [2.45, 2.75) is 84.2 Å². The molecule has 3 aromatic heterocycles. The molecular formula is C31H37N7O2. The Morgan fingerprint density at radius 3 is 2.75 bits per heavy atom. The van der Waals surface area contributed by atoms with Crippen LogP contribution in [-0.2, 0) is 11.8 Å². The van der Waals surface area contributed by atoms with Crippen molar-refractivity contribution in [1.29, 1.82) is 0 Å². The Morgan fingerprint density at radius 2 is 2.00 bits per heavy atom. The van der Waals surface area contributed by atoms with Gasteiger partial charge in [0.15, 0.2) is 11.2 Å². The molecule has 0 saturated heterocycles. The van der Waals surface area contributed by atoms with Gasteiger partial charge in [0.05, 0.1) is 23.2 Å². The van der Waals surface area contributed by atoms with E-state index >= 15 is 0 Å². The van der Waals surface area contributed by atoms with Crippen LogP contribution in [0.4, 0.5) is 0 Å². The average molecular weight is 540 g/mol. The molecule has 9 heteroatoms. The monoisotopic (exact) mass is 539 g/mol. The molecule has 1 aliphatic heterocycles. The van der Waals surface area contributed by atoms with Crippen molar-refractivity contribution in [3.05, 3.63) is 75.6 Å². The third-order valence-electron chi connectivity index (χ3n) is 7.86. The summed E-state index contributed by atoms with van der Waals surface area (Å²) in [5.74, 6) is 1.30. The summed E-state index contributed by atoms with van der Waals surface area (Å²) < 4.78 is 7.39. The number of hydrogen-bond acceptors (Lipinski definition) is 6. The first-order valence-electron chi connectivity index (χ1n) is 14.3. The van der Waals surface area contributed by atoms with Crippen LogP contribution in [0.5, 0.6) is 0 Å². The largest absolute Gasteiger partial charge is 0.360 e. The van der Waals surface area contributed by atoms with Crippen LogP contribution in [0.3, 0.4) is 0 Å². The molecule has 2 aliphatic rings. The smallest absolute Gasteiger partial charge is 0.273 e. The fraction of sp³-hybridized carbons (Fsp3) is 0.452. The average Bonchev–Trinajstić information content (AvgIpc) is 3.67. The molecular weight excluding hydrogens is 502 g/mol. The molecule has 9 nitrogen and oxygen atoms in total. The summed E-state index contributed by atoms with van der Waals surface area (Å²) in [4.78, 5) is 26.2. The van der Waals surface area contributed by atoms with E-state index in [9.17, 15) is 4.79 Å². The molecule has 2 N–H and O–H groups in total. The normalized spacial score (nSPS) is 17.2. The molecule has 1 aliphatic carbocycles. The third kappa shape index (κ3) is 5.00. The van der Waals surface area contributed by atoms with Crippen molar-refractivity contribution in [2.75, 3.05) is 6.54 Å². The minimum absolute atomic E-state index is 0.0630. The maximum Gasteiger partial charge on any atom is 0.273 e. The van der Waals surface area contributed by atoms with Gasteiger partial charge in [0.1, 0.15) is 11.6 Å². The van der Waals surface area contributed by atoms with Crippen LogP contribution in [0.2, 0.25) is 0 Å². The number of nitrogens with zero attached hydrogens (tertiary/aromatic N) is 5. The molecule has 0 bridgehead atoms. The van der Waals surface area contributed by atoms with Crippen LogP contribution in [0, 0.1) is 0 Å². The highest BCUT2D eigenvalue weighted by Gasteiger charge is 2.26. The van der Waals surface area contributed by atoms with E-state index < -0.39 is 0 Å². The van der Waals surface area contributed by atoms with E-state index in [0.29, 0.717) is 18.0 Å². The van der Waals surface area contributed by atoms with Gasteiger partial charge in [-0.1, -0.05) is 50.5 Å². The molecule has 0 fully saturated rings. The summed E-state index contributed by atoms with van der Waals surface area (Å²) in [5, 5.41) is 12.7. The summed E-state index contributed by atoms with van der Waals surface area (Å²) in [6.07, 6.45) is 8.75. The number of carbonyl (C=O) groups excluding carboxylic acids is 1. The molecule has 6 rings (SSSR count). The SMILES string of the molecule is CC(C)n1cc(-c2nc3c([nH]2)=C(c2ccc4c(c2)CCCC[C@H]4NC(=O)c2cc(C(C)(C)C)on2)CCN=3)cn1. The fourth-order valence-corrected chi connectivity index (χ4v) is 5.54. The van der Waals surface area contributed by atoms with E-state index in [1.165, 1.54) is 22.3 Å². The molecule has 1 amide bonds. The molecule has 0 spiro atoms. The quantitative estimate of drug-likeness (QED) is 0.361. The van der Waals surface area contributed by atoms with E-state index in [4.69, 9.17) is 14.5 Å². The zero-order chi connectivity index (χ0) is 28.0. The zero-order valence-electron chi connectivity index (χ0n) is 23.9. The van der Waals surface area contributed by atoms with Crippen LogP contribution in [0.1, 0.15) is 105 Å². The molecule has 0 radical (unpaired) electrons. The standard InChI is InChI=1S/C31H37N7O2/c1-18(2)38-17-21(16-33-38)28-35-27-23(12-13-32-29(27)36-28)20-10-11-22-19(14-20)8-6-7-9-24(22)34-30(39)25-15-26(40-37-25)31(3,4)5/h10-11,14-18,24H,6-9,12-13H2,1-5H3,(H,34,39)(H,32,35,36)/t24-/m1/s1. The van der Waals surface area contributed by atoms with E-state index in [-0.39, 0.29) is 23.4 Å². The summed E-state index contributed by atoms with van der Waals surface area (Å²) in [6, 6.07) is 8.65. The van der Waals surface area contributed by atoms with Gasteiger partial charge in [-0.15, -0.1) is 0 Å². The Labute approximate surface area is 233 Å². The number of aromatic amines is 1. The first kappa shape index (κ1) is 26.2. The highest BCUT2D eigenvalue weighted by Crippen LogP contribution is 2.32. The van der Waals surface area contributed by atoms with Gasteiger partial charge in [-0.3, -0.25) is 14.5 Å². The van der Waals surface area contributed by atoms with Gasteiger partial charge in [0, 0.05) is 30.3 Å². The number of benzene rings is 1. The first-order chi connectivity index (χ1) is 19.2. The van der Waals surface area contributed by atoms with Gasteiger partial charge >= 0.3 is 0 Å². The Balaban J connectivity index is 1.31. The summed E-state index contributed by atoms with van der Waals surface area (Å²) in [7, 11) is 0. The molecule has 4 aromatic rings. The number of amides is 1. The van der Waals surface area contributed by atoms with Crippen LogP contribution >= 0.6 is 0 Å². The van der Waals surface area contributed by atoms with Gasteiger partial charge in [0.2, 0.25) is 0 Å². The van der Waals surface area contributed by atoms with Crippen molar-refractivity contribution in [3.63, 3.8) is 0 Å². The van der Waals surface area contributed by atoms with Crippen molar-refractivity contribution in [3.8, 4) is 11.4 Å². The Kier molecular flexibility index (Phi) is 6.68. The zero-order valence-corrected chi connectivity index (χ0v) is 23.9. The van der Waals surface area contributed by atoms with E-state index in [2.05, 4.69) is 52.6 Å². The van der Waals surface area contributed by atoms with Gasteiger partial charge in [-0.2, -0.15) is 5.10 Å². The summed E-state index contributed by atoms with van der Waals surface area (Å²) >= 11 is 0. The number of rotatable bonds is 5. The molecule has 4 heterocycles. The number of nitrogens with one attached hydrogen (secondary N) is 2. The van der Waals surface area contributed by atoms with E-state index in [0.717, 1.165) is 54.3 Å². The van der Waals surface area contributed by atoms with Crippen molar-refractivity contribution in [2.24, 2.45) is 4.99 Å². The summed E-state index contributed by atoms with van der Waals surface area (Å²) in [5.41, 5.74) is 6.72. The lowest BCUT2D eigenvalue weighted by molar-refractivity contribution is 0.0925. The second-order valence-corrected chi connectivity index (χ2v) is 12.2. The number of H-pyrrole nitrogens is 1. The highest BCUT2D eigenvalue weighted by atomic mass is 16.5. The van der Waals surface area contributed by atoms with E-state index in [1.807, 2.05) is 37.8 Å². The number of aryl methyl sites for hydroxylation is 1. The molecule has 0 unspecified atom stereocenters. The minimum atomic E-state index is -0.202. The van der Waals surface area contributed by atoms with Crippen LogP contribution in [0.15, 0.2) is 46.2 Å². The van der Waals surface area contributed by atoms with Gasteiger partial charge in [0.25, 0.3) is 5.91 Å². The Hall–Kier alpha value is -4.01. The predicted molar refractivity (Wildman–Crippen MR) is 152 cm³/mol. The van der Waals surface area contributed by atoms with Crippen LogP contribution < -0.4 is 16.2 Å². The van der Waals surface area contributed by atoms with Gasteiger partial charge in [-0.25, -0.2) is 4.98 Å². The maximum atomic E-state index is 13.1. The molecule has 1 atom stereocenters. The number of aromatic nitrogens is 5. The molecule has 0 saturated carbocycles. The van der Waals surface area contributed by atoms with Gasteiger partial charge < -0.3 is 14.8 Å². The van der Waals surface area contributed by atoms with Crippen LogP contribution in [0.25, 0.3) is 17.0 Å². The van der Waals surface area contributed by atoms with Crippen molar-refractivity contribution in [1.82, 2.24) is 30.2 Å². The third-order valence-corrected chi connectivity index (χ3v) is 7.86. The number of hydrogen-bond donors (Lipinski definition) is 2. The van der Waals surface area contributed by atoms with E-state index in [1.54, 1.807) is 6.07 Å².